The molecule has 4 unspecified atom stereocenters. The van der Waals surface area contributed by atoms with Gasteiger partial charge in [-0.3, -0.25) is 4.90 Å². The fourth-order valence-corrected chi connectivity index (χ4v) is 8.57. The van der Waals surface area contributed by atoms with E-state index in [4.69, 9.17) is 0 Å². The van der Waals surface area contributed by atoms with Gasteiger partial charge < -0.3 is 10.6 Å². The van der Waals surface area contributed by atoms with E-state index in [0.29, 0.717) is 0 Å². The summed E-state index contributed by atoms with van der Waals surface area (Å²) in [5.74, 6) is 5.66. The molecule has 5 rings (SSSR count). The summed E-state index contributed by atoms with van der Waals surface area (Å²) in [7, 11) is 0. The average molecular weight is 392 g/mol. The van der Waals surface area contributed by atoms with Gasteiger partial charge in [0.1, 0.15) is 0 Å². The molecule has 3 aliphatic heterocycles. The third-order valence-electron chi connectivity index (χ3n) is 9.19. The number of nitrogens with zero attached hydrogens (tertiary/aromatic N) is 1. The van der Waals surface area contributed by atoms with Crippen LogP contribution < -0.4 is 10.6 Å². The summed E-state index contributed by atoms with van der Waals surface area (Å²) < 4.78 is 0. The van der Waals surface area contributed by atoms with Crippen molar-refractivity contribution in [2.45, 2.75) is 76.3 Å². The largest absolute Gasteiger partial charge is 0.317 e. The van der Waals surface area contributed by atoms with Crippen LogP contribution in [-0.2, 0) is 0 Å². The third-order valence-corrected chi connectivity index (χ3v) is 10.1. The predicted octanol–water partition coefficient (Wildman–Crippen LogP) is 3.74. The average Bonchev–Trinajstić information content (AvgIpc) is 2.75. The van der Waals surface area contributed by atoms with Gasteiger partial charge in [0.05, 0.1) is 0 Å². The molecule has 5 aliphatic rings. The lowest BCUT2D eigenvalue weighted by atomic mass is 9.59. The molecule has 3 nitrogen and oxygen atoms in total. The topological polar surface area (TPSA) is 27.3 Å². The van der Waals surface area contributed by atoms with E-state index in [1.807, 2.05) is 0 Å². The van der Waals surface area contributed by atoms with Crippen LogP contribution in [0.2, 0.25) is 0 Å². The number of rotatable bonds is 2. The van der Waals surface area contributed by atoms with E-state index in [2.05, 4.69) is 27.3 Å². The highest BCUT2D eigenvalue weighted by Crippen LogP contribution is 2.50. The monoisotopic (exact) mass is 391 g/mol. The molecule has 2 N–H and O–H groups in total. The van der Waals surface area contributed by atoms with E-state index >= 15 is 0 Å². The Morgan fingerprint density at radius 3 is 2.30 bits per heavy atom. The Balaban J connectivity index is 1.24. The van der Waals surface area contributed by atoms with Gasteiger partial charge in [-0.2, -0.15) is 11.8 Å². The summed E-state index contributed by atoms with van der Waals surface area (Å²) in [6.45, 7) is 6.52. The van der Waals surface area contributed by atoms with Crippen LogP contribution in [0, 0.1) is 23.2 Å². The second kappa shape index (κ2) is 8.53. The van der Waals surface area contributed by atoms with Crippen molar-refractivity contribution in [2.24, 2.45) is 23.2 Å². The normalized spacial score (nSPS) is 41.3. The van der Waals surface area contributed by atoms with Crippen molar-refractivity contribution in [1.29, 1.82) is 0 Å². The van der Waals surface area contributed by atoms with Crippen molar-refractivity contribution >= 4 is 11.8 Å². The number of nitrogens with one attached hydrogen (secondary N) is 2. The Hall–Kier alpha value is 0.230. The van der Waals surface area contributed by atoms with Crippen molar-refractivity contribution in [3.05, 3.63) is 0 Å². The van der Waals surface area contributed by atoms with Gasteiger partial charge >= 0.3 is 0 Å². The zero-order valence-corrected chi connectivity index (χ0v) is 18.1. The fraction of sp³-hybridized carbons (Fsp3) is 1.00. The Labute approximate surface area is 171 Å². The summed E-state index contributed by atoms with van der Waals surface area (Å²) in [6.07, 6.45) is 14.9. The molecular weight excluding hydrogens is 350 g/mol. The van der Waals surface area contributed by atoms with Gasteiger partial charge in [-0.25, -0.2) is 0 Å². The highest BCUT2D eigenvalue weighted by atomic mass is 32.2. The second-order valence-corrected chi connectivity index (χ2v) is 11.6. The second-order valence-electron chi connectivity index (χ2n) is 10.3. The zero-order chi connectivity index (χ0) is 18.1. The van der Waals surface area contributed by atoms with Crippen LogP contribution in [0.15, 0.2) is 0 Å². The van der Waals surface area contributed by atoms with Crippen LogP contribution in [0.1, 0.15) is 64.2 Å². The molecule has 4 atom stereocenters. The van der Waals surface area contributed by atoms with Gasteiger partial charge in [-0.1, -0.05) is 6.42 Å². The molecule has 2 aliphatic carbocycles. The first-order valence-corrected chi connectivity index (χ1v) is 13.3. The fourth-order valence-electron chi connectivity index (χ4n) is 7.64. The van der Waals surface area contributed by atoms with E-state index in [1.54, 1.807) is 0 Å². The van der Waals surface area contributed by atoms with Crippen molar-refractivity contribution in [1.82, 2.24) is 15.5 Å². The Kier molecular flexibility index (Phi) is 6.07. The lowest BCUT2D eigenvalue weighted by Crippen LogP contribution is -2.61. The molecule has 1 spiro atoms. The highest BCUT2D eigenvalue weighted by molar-refractivity contribution is 7.99. The van der Waals surface area contributed by atoms with Gasteiger partial charge in [0, 0.05) is 36.7 Å². The molecule has 0 amide bonds. The minimum absolute atomic E-state index is 0.726. The van der Waals surface area contributed by atoms with Crippen LogP contribution in [0.3, 0.4) is 0 Å². The maximum absolute atomic E-state index is 4.07. The van der Waals surface area contributed by atoms with Gasteiger partial charge in [0.25, 0.3) is 0 Å². The lowest BCUT2D eigenvalue weighted by molar-refractivity contribution is 0.00344. The molecule has 2 saturated carbocycles. The standard InChI is InChI=1S/C23H41N3S/c1-2-19(18-4-7-23(8-5-18)9-12-24-13-10-23)22-20(3-1)21(6-11-25-22)26-14-16-27-17-15-26/h18-22,24-25H,1-17H2. The number of piperidine rings is 2. The Morgan fingerprint density at radius 1 is 0.778 bits per heavy atom. The summed E-state index contributed by atoms with van der Waals surface area (Å²) >= 11 is 2.16. The molecule has 0 aromatic heterocycles. The predicted molar refractivity (Wildman–Crippen MR) is 116 cm³/mol. The maximum Gasteiger partial charge on any atom is 0.0151 e. The first kappa shape index (κ1) is 19.2. The molecule has 27 heavy (non-hydrogen) atoms. The summed E-state index contributed by atoms with van der Waals surface area (Å²) in [5.41, 5.74) is 0.726. The summed E-state index contributed by atoms with van der Waals surface area (Å²) in [6, 6.07) is 1.72. The summed E-state index contributed by atoms with van der Waals surface area (Å²) in [5, 5.41) is 7.65. The smallest absolute Gasteiger partial charge is 0.0151 e. The first-order valence-electron chi connectivity index (χ1n) is 12.1. The summed E-state index contributed by atoms with van der Waals surface area (Å²) in [4.78, 5) is 2.89. The molecule has 154 valence electrons. The van der Waals surface area contributed by atoms with Crippen LogP contribution in [-0.4, -0.2) is 61.2 Å². The quantitative estimate of drug-likeness (QED) is 0.750. The number of fused-ring (bicyclic) bond motifs is 1. The Morgan fingerprint density at radius 2 is 1.52 bits per heavy atom. The number of hydrogen-bond acceptors (Lipinski definition) is 4. The van der Waals surface area contributed by atoms with Crippen molar-refractivity contribution < 1.29 is 0 Å². The molecule has 3 heterocycles. The van der Waals surface area contributed by atoms with Crippen LogP contribution in [0.5, 0.6) is 0 Å². The molecule has 0 aromatic carbocycles. The molecule has 0 aromatic rings. The van der Waals surface area contributed by atoms with Crippen molar-refractivity contribution in [3.63, 3.8) is 0 Å². The first-order chi connectivity index (χ1) is 13.3. The minimum atomic E-state index is 0.726. The van der Waals surface area contributed by atoms with Gasteiger partial charge in [0.15, 0.2) is 0 Å². The van der Waals surface area contributed by atoms with Crippen LogP contribution in [0.4, 0.5) is 0 Å². The number of hydrogen-bond donors (Lipinski definition) is 2. The molecule has 5 fully saturated rings. The van der Waals surface area contributed by atoms with Crippen molar-refractivity contribution in [3.8, 4) is 0 Å². The lowest BCUT2D eigenvalue weighted by Gasteiger charge is -2.53. The molecule has 0 bridgehead atoms. The third kappa shape index (κ3) is 3.98. The molecule has 0 radical (unpaired) electrons. The number of thioether (sulfide) groups is 1. The van der Waals surface area contributed by atoms with E-state index in [0.717, 1.165) is 35.3 Å². The van der Waals surface area contributed by atoms with Crippen LogP contribution >= 0.6 is 11.8 Å². The highest BCUT2D eigenvalue weighted by Gasteiger charge is 2.46. The van der Waals surface area contributed by atoms with Gasteiger partial charge in [-0.05, 0) is 101 Å². The van der Waals surface area contributed by atoms with E-state index in [9.17, 15) is 0 Å². The van der Waals surface area contributed by atoms with E-state index < -0.39 is 0 Å². The van der Waals surface area contributed by atoms with Gasteiger partial charge in [0.2, 0.25) is 0 Å². The molecular formula is C23H41N3S. The van der Waals surface area contributed by atoms with Crippen LogP contribution in [0.25, 0.3) is 0 Å². The SMILES string of the molecule is C1CC(C2CCC3(CCNCC3)CC2)C2NCCC(N3CCSCC3)C2C1. The van der Waals surface area contributed by atoms with Gasteiger partial charge in [-0.15, -0.1) is 0 Å². The van der Waals surface area contributed by atoms with E-state index in [-0.39, 0.29) is 0 Å². The van der Waals surface area contributed by atoms with E-state index in [1.165, 1.54) is 108 Å². The zero-order valence-electron chi connectivity index (χ0n) is 17.3. The maximum atomic E-state index is 4.07. The Bertz CT molecular complexity index is 476. The molecule has 3 saturated heterocycles. The minimum Gasteiger partial charge on any atom is -0.317 e. The molecule has 4 heteroatoms. The van der Waals surface area contributed by atoms with Crippen molar-refractivity contribution in [2.75, 3.05) is 44.2 Å².